The molecule has 0 radical (unpaired) electrons. The van der Waals surface area contributed by atoms with Crippen LogP contribution in [0.3, 0.4) is 0 Å². The second-order valence-electron chi connectivity index (χ2n) is 6.23. The second kappa shape index (κ2) is 8.63. The van der Waals surface area contributed by atoms with E-state index in [-0.39, 0.29) is 12.1 Å². The Bertz CT molecular complexity index is 469. The van der Waals surface area contributed by atoms with Crippen molar-refractivity contribution in [3.63, 3.8) is 0 Å². The summed E-state index contributed by atoms with van der Waals surface area (Å²) < 4.78 is 10.4. The maximum absolute atomic E-state index is 11.5. The van der Waals surface area contributed by atoms with Crippen molar-refractivity contribution in [1.29, 1.82) is 0 Å². The van der Waals surface area contributed by atoms with Crippen LogP contribution < -0.4 is 15.4 Å². The fourth-order valence-corrected chi connectivity index (χ4v) is 1.94. The number of carbonyl (C=O) groups excluding carboxylic acids is 1. The van der Waals surface area contributed by atoms with E-state index in [1.54, 1.807) is 7.11 Å². The maximum Gasteiger partial charge on any atom is 0.407 e. The summed E-state index contributed by atoms with van der Waals surface area (Å²) in [6.45, 7) is 9.06. The number of nitrogens with one attached hydrogen (secondary N) is 2. The second-order valence-corrected chi connectivity index (χ2v) is 6.23. The van der Waals surface area contributed by atoms with Crippen molar-refractivity contribution in [1.82, 2.24) is 10.6 Å². The molecule has 1 aromatic carbocycles. The smallest absolute Gasteiger partial charge is 0.407 e. The summed E-state index contributed by atoms with van der Waals surface area (Å²) in [5, 5.41) is 6.17. The zero-order chi connectivity index (χ0) is 16.6. The summed E-state index contributed by atoms with van der Waals surface area (Å²) in [7, 11) is 1.67. The van der Waals surface area contributed by atoms with Crippen LogP contribution in [-0.2, 0) is 4.74 Å². The third-order valence-corrected chi connectivity index (χ3v) is 3.07. The zero-order valence-corrected chi connectivity index (χ0v) is 14.2. The summed E-state index contributed by atoms with van der Waals surface area (Å²) in [5.41, 5.74) is 0.725. The first-order chi connectivity index (χ1) is 10.3. The van der Waals surface area contributed by atoms with Crippen molar-refractivity contribution < 1.29 is 14.3 Å². The lowest BCUT2D eigenvalue weighted by Gasteiger charge is -2.20. The molecule has 0 heterocycles. The van der Waals surface area contributed by atoms with Gasteiger partial charge in [-0.2, -0.15) is 0 Å². The molecule has 0 spiro atoms. The molecule has 0 bridgehead atoms. The lowest BCUT2D eigenvalue weighted by atomic mass is 10.1. The molecule has 0 aliphatic carbocycles. The van der Waals surface area contributed by atoms with Gasteiger partial charge < -0.3 is 20.1 Å². The number of benzene rings is 1. The topological polar surface area (TPSA) is 59.6 Å². The molecular weight excluding hydrogens is 280 g/mol. The van der Waals surface area contributed by atoms with Crippen LogP contribution in [0.5, 0.6) is 5.75 Å². The molecule has 124 valence electrons. The Balaban J connectivity index is 2.22. The number of hydrogen-bond donors (Lipinski definition) is 2. The number of rotatable bonds is 7. The minimum Gasteiger partial charge on any atom is -0.497 e. The van der Waals surface area contributed by atoms with Crippen molar-refractivity contribution >= 4 is 6.09 Å². The zero-order valence-electron chi connectivity index (χ0n) is 14.2. The highest BCUT2D eigenvalue weighted by Crippen LogP contribution is 2.18. The molecule has 1 unspecified atom stereocenters. The highest BCUT2D eigenvalue weighted by atomic mass is 16.6. The molecule has 0 aliphatic heterocycles. The monoisotopic (exact) mass is 308 g/mol. The van der Waals surface area contributed by atoms with Gasteiger partial charge in [0.2, 0.25) is 0 Å². The van der Waals surface area contributed by atoms with Crippen molar-refractivity contribution in [3.05, 3.63) is 29.8 Å². The minimum atomic E-state index is -0.455. The Labute approximate surface area is 133 Å². The van der Waals surface area contributed by atoms with Gasteiger partial charge in [0, 0.05) is 12.6 Å². The number of carbonyl (C=O) groups is 1. The summed E-state index contributed by atoms with van der Waals surface area (Å²) in [6.07, 6.45) is 0.474. The predicted molar refractivity (Wildman–Crippen MR) is 88.3 cm³/mol. The standard InChI is InChI=1S/C17H28N2O3/c1-13(14-8-6-9-15(12-14)21-5)18-10-7-11-19-16(20)22-17(2,3)4/h6,8-9,12-13,18H,7,10-11H2,1-5H3,(H,19,20). The molecule has 1 rings (SSSR count). The number of alkyl carbamates (subject to hydrolysis) is 1. The lowest BCUT2D eigenvalue weighted by molar-refractivity contribution is 0.0527. The first-order valence-corrected chi connectivity index (χ1v) is 7.66. The molecule has 22 heavy (non-hydrogen) atoms. The van der Waals surface area contributed by atoms with E-state index in [4.69, 9.17) is 9.47 Å². The molecule has 2 N–H and O–H groups in total. The van der Waals surface area contributed by atoms with E-state index in [9.17, 15) is 4.79 Å². The Kier molecular flexibility index (Phi) is 7.18. The van der Waals surface area contributed by atoms with Crippen LogP contribution >= 0.6 is 0 Å². The maximum atomic E-state index is 11.5. The number of methoxy groups -OCH3 is 1. The van der Waals surface area contributed by atoms with Gasteiger partial charge in [0.05, 0.1) is 7.11 Å². The quantitative estimate of drug-likeness (QED) is 0.759. The molecule has 1 amide bonds. The largest absolute Gasteiger partial charge is 0.497 e. The van der Waals surface area contributed by atoms with Crippen molar-refractivity contribution in [2.45, 2.75) is 45.8 Å². The lowest BCUT2D eigenvalue weighted by Crippen LogP contribution is -2.34. The third kappa shape index (κ3) is 7.31. The Hall–Kier alpha value is -1.75. The van der Waals surface area contributed by atoms with E-state index in [2.05, 4.69) is 23.6 Å². The molecule has 0 aliphatic rings. The molecule has 5 nitrogen and oxygen atoms in total. The Morgan fingerprint density at radius 3 is 2.64 bits per heavy atom. The average molecular weight is 308 g/mol. The third-order valence-electron chi connectivity index (χ3n) is 3.07. The summed E-state index contributed by atoms with van der Waals surface area (Å²) in [6, 6.07) is 8.24. The fraction of sp³-hybridized carbons (Fsp3) is 0.588. The highest BCUT2D eigenvalue weighted by Gasteiger charge is 2.15. The first-order valence-electron chi connectivity index (χ1n) is 7.66. The van der Waals surface area contributed by atoms with Crippen LogP contribution in [0.1, 0.15) is 45.7 Å². The molecule has 0 saturated carbocycles. The van der Waals surface area contributed by atoms with Crippen LogP contribution in [0.4, 0.5) is 4.79 Å². The molecule has 0 aromatic heterocycles. The number of amides is 1. The normalized spacial score (nSPS) is 12.6. The van der Waals surface area contributed by atoms with E-state index >= 15 is 0 Å². The van der Waals surface area contributed by atoms with E-state index in [1.165, 1.54) is 5.56 Å². The van der Waals surface area contributed by atoms with Gasteiger partial charge in [-0.25, -0.2) is 4.79 Å². The Morgan fingerprint density at radius 2 is 2.00 bits per heavy atom. The van der Waals surface area contributed by atoms with E-state index in [0.717, 1.165) is 18.7 Å². The fourth-order valence-electron chi connectivity index (χ4n) is 1.94. The van der Waals surface area contributed by atoms with Crippen LogP contribution in [0.25, 0.3) is 0 Å². The van der Waals surface area contributed by atoms with Gasteiger partial charge in [-0.15, -0.1) is 0 Å². The minimum absolute atomic E-state index is 0.233. The number of hydrogen-bond acceptors (Lipinski definition) is 4. The highest BCUT2D eigenvalue weighted by molar-refractivity contribution is 5.67. The van der Waals surface area contributed by atoms with Crippen LogP contribution in [-0.4, -0.2) is 31.9 Å². The Morgan fingerprint density at radius 1 is 1.27 bits per heavy atom. The SMILES string of the molecule is COc1cccc(C(C)NCCCNC(=O)OC(C)(C)C)c1. The van der Waals surface area contributed by atoms with Crippen molar-refractivity contribution in [2.75, 3.05) is 20.2 Å². The van der Waals surface area contributed by atoms with Crippen molar-refractivity contribution in [3.8, 4) is 5.75 Å². The van der Waals surface area contributed by atoms with E-state index in [0.29, 0.717) is 6.54 Å². The van der Waals surface area contributed by atoms with Gasteiger partial charge in [-0.3, -0.25) is 0 Å². The van der Waals surface area contributed by atoms with Gasteiger partial charge in [-0.05, 0) is 58.4 Å². The summed E-state index contributed by atoms with van der Waals surface area (Å²) >= 11 is 0. The first kappa shape index (κ1) is 18.3. The summed E-state index contributed by atoms with van der Waals surface area (Å²) in [4.78, 5) is 11.5. The van der Waals surface area contributed by atoms with Gasteiger partial charge in [-0.1, -0.05) is 12.1 Å². The molecule has 0 saturated heterocycles. The van der Waals surface area contributed by atoms with Crippen molar-refractivity contribution in [2.24, 2.45) is 0 Å². The van der Waals surface area contributed by atoms with Gasteiger partial charge in [0.1, 0.15) is 11.4 Å². The molecule has 1 aromatic rings. The van der Waals surface area contributed by atoms with Gasteiger partial charge in [0.15, 0.2) is 0 Å². The average Bonchev–Trinajstić information content (AvgIpc) is 2.45. The van der Waals surface area contributed by atoms with Gasteiger partial charge >= 0.3 is 6.09 Å². The summed E-state index contributed by atoms with van der Waals surface area (Å²) in [5.74, 6) is 0.859. The molecule has 5 heteroatoms. The van der Waals surface area contributed by atoms with Crippen LogP contribution in [0.15, 0.2) is 24.3 Å². The molecule has 0 fully saturated rings. The van der Waals surface area contributed by atoms with Gasteiger partial charge in [0.25, 0.3) is 0 Å². The van der Waals surface area contributed by atoms with Crippen LogP contribution in [0, 0.1) is 0 Å². The van der Waals surface area contributed by atoms with E-state index in [1.807, 2.05) is 39.0 Å². The molecule has 1 atom stereocenters. The van der Waals surface area contributed by atoms with Crippen LogP contribution in [0.2, 0.25) is 0 Å². The number of ether oxygens (including phenoxy) is 2. The van der Waals surface area contributed by atoms with E-state index < -0.39 is 5.60 Å². The predicted octanol–water partition coefficient (Wildman–Crippen LogP) is 3.26. The molecular formula is C17H28N2O3.